The van der Waals surface area contributed by atoms with E-state index in [1.807, 2.05) is 6.92 Å². The molecule has 25 heavy (non-hydrogen) atoms. The summed E-state index contributed by atoms with van der Waals surface area (Å²) < 4.78 is 5.04. The van der Waals surface area contributed by atoms with Gasteiger partial charge in [0, 0.05) is 25.7 Å². The molecule has 1 aromatic carbocycles. The number of carbonyl (C=O) groups excluding carboxylic acids is 2. The maximum absolute atomic E-state index is 12.1. The summed E-state index contributed by atoms with van der Waals surface area (Å²) in [5.74, 6) is -0.544. The van der Waals surface area contributed by atoms with E-state index in [1.165, 1.54) is 12.1 Å². The zero-order valence-corrected chi connectivity index (χ0v) is 14.5. The Hall–Kier alpha value is -2.64. The van der Waals surface area contributed by atoms with Crippen LogP contribution in [0.5, 0.6) is 0 Å². The van der Waals surface area contributed by atoms with E-state index in [4.69, 9.17) is 4.74 Å². The monoisotopic (exact) mass is 349 g/mol. The minimum atomic E-state index is -0.746. The van der Waals surface area contributed by atoms with Crippen LogP contribution in [0.25, 0.3) is 0 Å². The van der Waals surface area contributed by atoms with Crippen LogP contribution in [0.2, 0.25) is 0 Å². The van der Waals surface area contributed by atoms with Gasteiger partial charge < -0.3 is 15.0 Å². The lowest BCUT2D eigenvalue weighted by Gasteiger charge is -2.30. The number of hydrogen-bond donors (Lipinski definition) is 1. The van der Waals surface area contributed by atoms with Gasteiger partial charge in [-0.05, 0) is 37.8 Å². The molecule has 136 valence electrons. The maximum Gasteiger partial charge on any atom is 0.338 e. The van der Waals surface area contributed by atoms with Crippen molar-refractivity contribution < 1.29 is 19.2 Å². The Balaban J connectivity index is 1.99. The molecule has 1 amide bonds. The lowest BCUT2D eigenvalue weighted by molar-refractivity contribution is -0.384. The summed E-state index contributed by atoms with van der Waals surface area (Å²) in [6.45, 7) is 5.40. The SMILES string of the molecule is CCNc1ccc(C(=O)OCC(=O)N2CCCC(C)C2)cc1[N+](=O)[O-]. The van der Waals surface area contributed by atoms with Gasteiger partial charge in [-0.3, -0.25) is 14.9 Å². The number of nitrogens with one attached hydrogen (secondary N) is 1. The first-order chi connectivity index (χ1) is 11.9. The van der Waals surface area contributed by atoms with Crippen LogP contribution in [0.15, 0.2) is 18.2 Å². The molecule has 1 saturated heterocycles. The van der Waals surface area contributed by atoms with Gasteiger partial charge in [-0.1, -0.05) is 6.92 Å². The Bertz CT molecular complexity index is 662. The van der Waals surface area contributed by atoms with Crippen molar-refractivity contribution in [3.8, 4) is 0 Å². The molecule has 1 aliphatic heterocycles. The van der Waals surface area contributed by atoms with Gasteiger partial charge in [0.25, 0.3) is 11.6 Å². The van der Waals surface area contributed by atoms with E-state index < -0.39 is 10.9 Å². The van der Waals surface area contributed by atoms with Crippen molar-refractivity contribution in [2.45, 2.75) is 26.7 Å². The van der Waals surface area contributed by atoms with Gasteiger partial charge in [0.15, 0.2) is 6.61 Å². The Labute approximate surface area is 146 Å². The van der Waals surface area contributed by atoms with Gasteiger partial charge in [-0.25, -0.2) is 4.79 Å². The highest BCUT2D eigenvalue weighted by atomic mass is 16.6. The Kier molecular flexibility index (Phi) is 6.32. The number of esters is 1. The van der Waals surface area contributed by atoms with Crippen molar-refractivity contribution in [2.75, 3.05) is 31.6 Å². The second-order valence-electron chi connectivity index (χ2n) is 6.18. The standard InChI is InChI=1S/C17H23N3O5/c1-3-18-14-7-6-13(9-15(14)20(23)24)17(22)25-11-16(21)19-8-4-5-12(2)10-19/h6-7,9,12,18H,3-5,8,10-11H2,1-2H3. The van der Waals surface area contributed by atoms with Gasteiger partial charge >= 0.3 is 5.97 Å². The predicted octanol–water partition coefficient (Wildman–Crippen LogP) is 2.44. The van der Waals surface area contributed by atoms with E-state index in [2.05, 4.69) is 12.2 Å². The number of anilines is 1. The average Bonchev–Trinajstić information content (AvgIpc) is 2.59. The molecule has 1 fully saturated rings. The number of nitro benzene ring substituents is 1. The third kappa shape index (κ3) is 4.91. The second kappa shape index (κ2) is 8.46. The number of piperidine rings is 1. The lowest BCUT2D eigenvalue weighted by Crippen LogP contribution is -2.41. The number of amides is 1. The summed E-state index contributed by atoms with van der Waals surface area (Å²) in [6.07, 6.45) is 2.03. The number of carbonyl (C=O) groups is 2. The number of hydrogen-bond acceptors (Lipinski definition) is 6. The summed E-state index contributed by atoms with van der Waals surface area (Å²) in [5.41, 5.74) is 0.183. The van der Waals surface area contributed by atoms with Crippen LogP contribution in [-0.2, 0) is 9.53 Å². The van der Waals surface area contributed by atoms with Crippen LogP contribution in [0.4, 0.5) is 11.4 Å². The molecule has 0 aromatic heterocycles. The highest BCUT2D eigenvalue weighted by Crippen LogP contribution is 2.25. The molecule has 1 unspecified atom stereocenters. The van der Waals surface area contributed by atoms with E-state index in [9.17, 15) is 19.7 Å². The van der Waals surface area contributed by atoms with E-state index in [0.717, 1.165) is 18.9 Å². The molecule has 0 spiro atoms. The quantitative estimate of drug-likeness (QED) is 0.481. The first kappa shape index (κ1) is 18.7. The van der Waals surface area contributed by atoms with Crippen molar-refractivity contribution in [1.82, 2.24) is 4.90 Å². The van der Waals surface area contributed by atoms with Gasteiger partial charge in [0.05, 0.1) is 10.5 Å². The fourth-order valence-electron chi connectivity index (χ4n) is 2.87. The molecular formula is C17H23N3O5. The number of likely N-dealkylation sites (tertiary alicyclic amines) is 1. The largest absolute Gasteiger partial charge is 0.452 e. The molecule has 1 aromatic rings. The number of nitro groups is 1. The van der Waals surface area contributed by atoms with Crippen molar-refractivity contribution in [2.24, 2.45) is 5.92 Å². The molecule has 1 N–H and O–H groups in total. The minimum absolute atomic E-state index is 0.0492. The van der Waals surface area contributed by atoms with E-state index in [1.54, 1.807) is 4.90 Å². The van der Waals surface area contributed by atoms with Crippen molar-refractivity contribution in [3.63, 3.8) is 0 Å². The summed E-state index contributed by atoms with van der Waals surface area (Å²) in [5, 5.41) is 14.0. The lowest BCUT2D eigenvalue weighted by atomic mass is 10.0. The first-order valence-electron chi connectivity index (χ1n) is 8.39. The zero-order valence-electron chi connectivity index (χ0n) is 14.5. The second-order valence-corrected chi connectivity index (χ2v) is 6.18. The fourth-order valence-corrected chi connectivity index (χ4v) is 2.87. The molecule has 8 heteroatoms. The highest BCUT2D eigenvalue weighted by molar-refractivity contribution is 5.93. The van der Waals surface area contributed by atoms with Crippen LogP contribution in [0, 0.1) is 16.0 Å². The van der Waals surface area contributed by atoms with Gasteiger partial charge in [-0.2, -0.15) is 0 Å². The molecule has 1 heterocycles. The number of nitrogens with zero attached hydrogens (tertiary/aromatic N) is 2. The Morgan fingerprint density at radius 1 is 1.44 bits per heavy atom. The average molecular weight is 349 g/mol. The topological polar surface area (TPSA) is 102 Å². The van der Waals surface area contributed by atoms with Crippen LogP contribution < -0.4 is 5.32 Å². The molecule has 1 atom stereocenters. The third-order valence-electron chi connectivity index (χ3n) is 4.13. The third-order valence-corrected chi connectivity index (χ3v) is 4.13. The smallest absolute Gasteiger partial charge is 0.338 e. The molecule has 0 saturated carbocycles. The first-order valence-corrected chi connectivity index (χ1v) is 8.39. The Morgan fingerprint density at radius 2 is 2.20 bits per heavy atom. The predicted molar refractivity (Wildman–Crippen MR) is 92.5 cm³/mol. The molecule has 0 bridgehead atoms. The minimum Gasteiger partial charge on any atom is -0.452 e. The zero-order chi connectivity index (χ0) is 18.4. The summed E-state index contributed by atoms with van der Waals surface area (Å²) in [7, 11) is 0. The molecule has 2 rings (SSSR count). The van der Waals surface area contributed by atoms with Gasteiger partial charge in [0.1, 0.15) is 5.69 Å². The summed E-state index contributed by atoms with van der Waals surface area (Å²) in [4.78, 5) is 36.5. The highest BCUT2D eigenvalue weighted by Gasteiger charge is 2.23. The summed E-state index contributed by atoms with van der Waals surface area (Å²) >= 11 is 0. The van der Waals surface area contributed by atoms with Gasteiger partial charge in [-0.15, -0.1) is 0 Å². The van der Waals surface area contributed by atoms with E-state index >= 15 is 0 Å². The van der Waals surface area contributed by atoms with Crippen LogP contribution in [0.1, 0.15) is 37.0 Å². The van der Waals surface area contributed by atoms with Gasteiger partial charge in [0.2, 0.25) is 0 Å². The molecule has 0 aliphatic carbocycles. The molecule has 8 nitrogen and oxygen atoms in total. The maximum atomic E-state index is 12.1. The van der Waals surface area contributed by atoms with Crippen LogP contribution >= 0.6 is 0 Å². The van der Waals surface area contributed by atoms with Crippen molar-refractivity contribution in [1.29, 1.82) is 0 Å². The molecule has 0 radical (unpaired) electrons. The molecule has 1 aliphatic rings. The Morgan fingerprint density at radius 3 is 2.84 bits per heavy atom. The number of ether oxygens (including phenoxy) is 1. The fraction of sp³-hybridized carbons (Fsp3) is 0.529. The van der Waals surface area contributed by atoms with E-state index in [0.29, 0.717) is 31.2 Å². The normalized spacial score (nSPS) is 17.0. The molecular weight excluding hydrogens is 326 g/mol. The van der Waals surface area contributed by atoms with Crippen molar-refractivity contribution >= 4 is 23.3 Å². The summed E-state index contributed by atoms with van der Waals surface area (Å²) in [6, 6.07) is 4.07. The van der Waals surface area contributed by atoms with Crippen LogP contribution in [0.3, 0.4) is 0 Å². The van der Waals surface area contributed by atoms with Crippen LogP contribution in [-0.4, -0.2) is 47.9 Å². The van der Waals surface area contributed by atoms with E-state index in [-0.39, 0.29) is 23.8 Å². The van der Waals surface area contributed by atoms with Crippen molar-refractivity contribution in [3.05, 3.63) is 33.9 Å². The number of benzene rings is 1. The number of rotatable bonds is 6.